The molecular formula is C27H22N2O4. The summed E-state index contributed by atoms with van der Waals surface area (Å²) < 4.78 is 11.2. The lowest BCUT2D eigenvalue weighted by Crippen LogP contribution is -2.51. The van der Waals surface area contributed by atoms with Gasteiger partial charge in [-0.1, -0.05) is 78.9 Å². The minimum absolute atomic E-state index is 0.161. The van der Waals surface area contributed by atoms with Crippen LogP contribution in [0.3, 0.4) is 0 Å². The predicted octanol–water partition coefficient (Wildman–Crippen LogP) is 4.55. The van der Waals surface area contributed by atoms with Crippen LogP contribution in [-0.2, 0) is 19.1 Å². The number of rotatable bonds is 5. The van der Waals surface area contributed by atoms with Gasteiger partial charge in [-0.2, -0.15) is 5.10 Å². The third kappa shape index (κ3) is 3.40. The first-order chi connectivity index (χ1) is 16.1. The van der Waals surface area contributed by atoms with Gasteiger partial charge in [-0.25, -0.2) is 14.6 Å². The number of benzene rings is 3. The number of esters is 2. The van der Waals surface area contributed by atoms with E-state index >= 15 is 0 Å². The second-order valence-electron chi connectivity index (χ2n) is 7.79. The summed E-state index contributed by atoms with van der Waals surface area (Å²) in [5.41, 5.74) is 0.989. The maximum atomic E-state index is 13.7. The third-order valence-electron chi connectivity index (χ3n) is 5.83. The molecule has 3 aromatic carbocycles. The van der Waals surface area contributed by atoms with Gasteiger partial charge >= 0.3 is 11.9 Å². The van der Waals surface area contributed by atoms with E-state index in [2.05, 4.69) is 5.10 Å². The Hall–Kier alpha value is -4.19. The van der Waals surface area contributed by atoms with Crippen LogP contribution in [0.4, 0.5) is 5.69 Å². The first-order valence-corrected chi connectivity index (χ1v) is 10.8. The quantitative estimate of drug-likeness (QED) is 0.547. The molecule has 2 aliphatic heterocycles. The average Bonchev–Trinajstić information content (AvgIpc) is 3.39. The number of hydrogen-bond acceptors (Lipinski definition) is 6. The summed E-state index contributed by atoms with van der Waals surface area (Å²) in [6, 6.07) is 28.1. The first-order valence-electron chi connectivity index (χ1n) is 10.8. The molecule has 0 amide bonds. The predicted molar refractivity (Wildman–Crippen MR) is 125 cm³/mol. The van der Waals surface area contributed by atoms with Crippen LogP contribution >= 0.6 is 0 Å². The van der Waals surface area contributed by atoms with Gasteiger partial charge in [0.25, 0.3) is 0 Å². The van der Waals surface area contributed by atoms with Crippen molar-refractivity contribution in [2.45, 2.75) is 18.4 Å². The summed E-state index contributed by atoms with van der Waals surface area (Å²) in [5, 5.41) is 6.27. The van der Waals surface area contributed by atoms with Crippen LogP contribution in [0.2, 0.25) is 0 Å². The highest BCUT2D eigenvalue weighted by atomic mass is 16.5. The van der Waals surface area contributed by atoms with E-state index in [1.54, 1.807) is 18.0 Å². The molecule has 0 aliphatic carbocycles. The zero-order chi connectivity index (χ0) is 22.8. The SMILES string of the molecule is CCOC(=O)C1=NN(c2ccccc2)C2(C=C(c3ccccc3)OC2=O)C1c1ccccc1. The maximum absolute atomic E-state index is 13.7. The number of anilines is 1. The van der Waals surface area contributed by atoms with E-state index in [1.165, 1.54) is 0 Å². The van der Waals surface area contributed by atoms with Crippen LogP contribution in [0.1, 0.15) is 24.0 Å². The van der Waals surface area contributed by atoms with Crippen molar-refractivity contribution in [3.05, 3.63) is 108 Å². The van der Waals surface area contributed by atoms with Gasteiger partial charge in [-0.15, -0.1) is 0 Å². The summed E-state index contributed by atoms with van der Waals surface area (Å²) >= 11 is 0. The Morgan fingerprint density at radius 1 is 0.970 bits per heavy atom. The second kappa shape index (κ2) is 8.39. The maximum Gasteiger partial charge on any atom is 0.355 e. The van der Waals surface area contributed by atoms with E-state index in [0.717, 1.165) is 11.1 Å². The molecule has 2 heterocycles. The zero-order valence-corrected chi connectivity index (χ0v) is 18.0. The van der Waals surface area contributed by atoms with E-state index in [9.17, 15) is 9.59 Å². The first kappa shape index (κ1) is 20.7. The largest absolute Gasteiger partial charge is 0.461 e. The summed E-state index contributed by atoms with van der Waals surface area (Å²) in [4.78, 5) is 26.8. The number of carbonyl (C=O) groups is 2. The van der Waals surface area contributed by atoms with Crippen molar-refractivity contribution < 1.29 is 19.1 Å². The second-order valence-corrected chi connectivity index (χ2v) is 7.79. The Labute approximate surface area is 191 Å². The van der Waals surface area contributed by atoms with Gasteiger partial charge in [0.2, 0.25) is 0 Å². The highest BCUT2D eigenvalue weighted by Gasteiger charge is 2.62. The lowest BCUT2D eigenvalue weighted by atomic mass is 9.76. The van der Waals surface area contributed by atoms with Crippen LogP contribution in [0.15, 0.2) is 102 Å². The average molecular weight is 438 g/mol. The minimum Gasteiger partial charge on any atom is -0.461 e. The van der Waals surface area contributed by atoms with Crippen LogP contribution in [0, 0.1) is 0 Å². The monoisotopic (exact) mass is 438 g/mol. The molecule has 164 valence electrons. The summed E-state index contributed by atoms with van der Waals surface area (Å²) in [5.74, 6) is -1.34. The van der Waals surface area contributed by atoms with Gasteiger partial charge in [0, 0.05) is 5.56 Å². The van der Waals surface area contributed by atoms with Crippen molar-refractivity contribution >= 4 is 29.1 Å². The number of carbonyl (C=O) groups excluding carboxylic acids is 2. The van der Waals surface area contributed by atoms with Crippen molar-refractivity contribution in [1.82, 2.24) is 0 Å². The highest BCUT2D eigenvalue weighted by molar-refractivity contribution is 6.41. The zero-order valence-electron chi connectivity index (χ0n) is 18.0. The van der Waals surface area contributed by atoms with Crippen LogP contribution in [0.5, 0.6) is 0 Å². The number of nitrogens with zero attached hydrogens (tertiary/aromatic N) is 2. The Morgan fingerprint density at radius 3 is 2.21 bits per heavy atom. The Morgan fingerprint density at radius 2 is 1.58 bits per heavy atom. The van der Waals surface area contributed by atoms with Crippen molar-refractivity contribution in [2.24, 2.45) is 5.10 Å². The summed E-state index contributed by atoms with van der Waals surface area (Å²) in [6.07, 6.45) is 1.78. The van der Waals surface area contributed by atoms with E-state index in [-0.39, 0.29) is 12.3 Å². The smallest absolute Gasteiger partial charge is 0.355 e. The third-order valence-corrected chi connectivity index (χ3v) is 5.83. The van der Waals surface area contributed by atoms with E-state index in [4.69, 9.17) is 9.47 Å². The van der Waals surface area contributed by atoms with Crippen molar-refractivity contribution in [2.75, 3.05) is 11.6 Å². The lowest BCUT2D eigenvalue weighted by Gasteiger charge is -2.33. The standard InChI is InChI=1S/C27H22N2O4/c1-2-32-25(30)24-23(20-14-8-4-9-15-20)27(29(28-24)21-16-10-5-11-17-21)18-22(33-26(27)31)19-12-6-3-7-13-19/h3-18,23H,2H2,1H3. The number of ether oxygens (including phenoxy) is 2. The highest BCUT2D eigenvalue weighted by Crippen LogP contribution is 2.49. The fraction of sp³-hybridized carbons (Fsp3) is 0.148. The molecule has 6 heteroatoms. The van der Waals surface area contributed by atoms with Gasteiger partial charge in [-0.05, 0) is 30.7 Å². The minimum atomic E-state index is -1.38. The van der Waals surface area contributed by atoms with Gasteiger partial charge in [0.05, 0.1) is 18.2 Å². The number of cyclic esters (lactones) is 1. The molecule has 0 fully saturated rings. The van der Waals surface area contributed by atoms with Crippen LogP contribution < -0.4 is 5.01 Å². The normalized spacial score (nSPS) is 21.5. The number of hydrogen-bond donors (Lipinski definition) is 0. The van der Waals surface area contributed by atoms with Gasteiger partial charge < -0.3 is 9.47 Å². The Kier molecular flexibility index (Phi) is 5.26. The molecule has 0 aromatic heterocycles. The Balaban J connectivity index is 1.75. The number of hydrazone groups is 1. The molecule has 0 radical (unpaired) electrons. The van der Waals surface area contributed by atoms with Crippen molar-refractivity contribution in [3.8, 4) is 0 Å². The molecule has 2 unspecified atom stereocenters. The fourth-order valence-corrected chi connectivity index (χ4v) is 4.40. The molecule has 0 saturated carbocycles. The Bertz CT molecular complexity index is 1240. The van der Waals surface area contributed by atoms with Crippen LogP contribution in [0.25, 0.3) is 5.76 Å². The molecule has 0 bridgehead atoms. The van der Waals surface area contributed by atoms with E-state index in [0.29, 0.717) is 11.4 Å². The van der Waals surface area contributed by atoms with Crippen molar-refractivity contribution in [1.29, 1.82) is 0 Å². The molecule has 2 atom stereocenters. The molecule has 3 aromatic rings. The number of para-hydroxylation sites is 1. The molecule has 33 heavy (non-hydrogen) atoms. The van der Waals surface area contributed by atoms with Crippen molar-refractivity contribution in [3.63, 3.8) is 0 Å². The fourth-order valence-electron chi connectivity index (χ4n) is 4.40. The van der Waals surface area contributed by atoms with E-state index < -0.39 is 23.4 Å². The molecule has 1 spiro atoms. The lowest BCUT2D eigenvalue weighted by molar-refractivity contribution is -0.139. The molecule has 2 aliphatic rings. The summed E-state index contributed by atoms with van der Waals surface area (Å²) in [7, 11) is 0. The summed E-state index contributed by atoms with van der Waals surface area (Å²) in [6.45, 7) is 1.94. The molecular weight excluding hydrogens is 416 g/mol. The van der Waals surface area contributed by atoms with Crippen LogP contribution in [-0.4, -0.2) is 29.8 Å². The van der Waals surface area contributed by atoms with Gasteiger partial charge in [0.1, 0.15) is 5.76 Å². The van der Waals surface area contributed by atoms with Gasteiger partial charge in [-0.3, -0.25) is 0 Å². The molecule has 0 saturated heterocycles. The van der Waals surface area contributed by atoms with Gasteiger partial charge in [0.15, 0.2) is 11.3 Å². The molecule has 0 N–H and O–H groups in total. The molecule has 5 rings (SSSR count). The molecule has 6 nitrogen and oxygen atoms in total. The topological polar surface area (TPSA) is 68.2 Å². The van der Waals surface area contributed by atoms with E-state index in [1.807, 2.05) is 91.0 Å².